The second-order valence-electron chi connectivity index (χ2n) is 5.41. The van der Waals surface area contributed by atoms with Crippen molar-refractivity contribution in [1.82, 2.24) is 14.4 Å². The summed E-state index contributed by atoms with van der Waals surface area (Å²) in [5, 5.41) is 9.03. The molecule has 2 aromatic heterocycles. The molecule has 0 aliphatic carbocycles. The smallest absolute Gasteiger partial charge is 0.338 e. The van der Waals surface area contributed by atoms with Crippen LogP contribution in [0.2, 0.25) is 0 Å². The normalized spacial score (nSPS) is 13.7. The summed E-state index contributed by atoms with van der Waals surface area (Å²) in [6.07, 6.45) is 4.42. The quantitative estimate of drug-likeness (QED) is 0.766. The maximum Gasteiger partial charge on any atom is 0.338 e. The van der Waals surface area contributed by atoms with Crippen LogP contribution in [0.15, 0.2) is 36.8 Å². The molecule has 0 saturated carbocycles. The van der Waals surface area contributed by atoms with Gasteiger partial charge in [-0.2, -0.15) is 0 Å². The first-order valence-corrected chi connectivity index (χ1v) is 7.15. The lowest BCUT2D eigenvalue weighted by Crippen LogP contribution is -2.35. The minimum atomic E-state index is -1.05. The second-order valence-corrected chi connectivity index (χ2v) is 5.41. The van der Waals surface area contributed by atoms with Gasteiger partial charge in [0.1, 0.15) is 5.75 Å². The SMILES string of the molecule is CN1C(=O)COc2ccc(-c3cn4cc(C(=O)O)cnc4n3)cc21. The highest BCUT2D eigenvalue weighted by Gasteiger charge is 2.23. The molecule has 3 heterocycles. The van der Waals surface area contributed by atoms with Gasteiger partial charge in [-0.15, -0.1) is 0 Å². The molecule has 1 aliphatic rings. The highest BCUT2D eigenvalue weighted by atomic mass is 16.5. The van der Waals surface area contributed by atoms with Gasteiger partial charge in [-0.3, -0.25) is 9.20 Å². The Labute approximate surface area is 135 Å². The minimum Gasteiger partial charge on any atom is -0.482 e. The molecular weight excluding hydrogens is 312 g/mol. The minimum absolute atomic E-state index is 0.0269. The second kappa shape index (κ2) is 5.05. The molecule has 0 radical (unpaired) electrons. The molecule has 1 amide bonds. The first-order valence-electron chi connectivity index (χ1n) is 7.15. The van der Waals surface area contributed by atoms with Crippen LogP contribution in [0.25, 0.3) is 17.0 Å². The fraction of sp³-hybridized carbons (Fsp3) is 0.125. The largest absolute Gasteiger partial charge is 0.482 e. The van der Waals surface area contributed by atoms with Crippen molar-refractivity contribution in [2.45, 2.75) is 0 Å². The Balaban J connectivity index is 1.80. The van der Waals surface area contributed by atoms with Crippen LogP contribution in [0.5, 0.6) is 5.75 Å². The molecule has 8 nitrogen and oxygen atoms in total. The van der Waals surface area contributed by atoms with E-state index >= 15 is 0 Å². The molecule has 8 heteroatoms. The van der Waals surface area contributed by atoms with Gasteiger partial charge in [0.05, 0.1) is 16.9 Å². The van der Waals surface area contributed by atoms with E-state index in [0.717, 1.165) is 5.56 Å². The predicted octanol–water partition coefficient (Wildman–Crippen LogP) is 1.45. The van der Waals surface area contributed by atoms with Gasteiger partial charge in [0.15, 0.2) is 6.61 Å². The van der Waals surface area contributed by atoms with E-state index in [1.807, 2.05) is 12.1 Å². The summed E-state index contributed by atoms with van der Waals surface area (Å²) in [5.41, 5.74) is 2.15. The van der Waals surface area contributed by atoms with Gasteiger partial charge in [-0.05, 0) is 18.2 Å². The number of benzene rings is 1. The Morgan fingerprint density at radius 3 is 2.96 bits per heavy atom. The van der Waals surface area contributed by atoms with Crippen LogP contribution in [0.4, 0.5) is 5.69 Å². The lowest BCUT2D eigenvalue weighted by atomic mass is 10.1. The number of carboxylic acid groups (broad SMARTS) is 1. The first kappa shape index (κ1) is 14.2. The number of hydrogen-bond donors (Lipinski definition) is 1. The van der Waals surface area contributed by atoms with Gasteiger partial charge in [-0.1, -0.05) is 0 Å². The van der Waals surface area contributed by atoms with Crippen LogP contribution < -0.4 is 9.64 Å². The van der Waals surface area contributed by atoms with Crippen molar-refractivity contribution in [1.29, 1.82) is 0 Å². The molecule has 0 spiro atoms. The van der Waals surface area contributed by atoms with Crippen molar-refractivity contribution >= 4 is 23.3 Å². The van der Waals surface area contributed by atoms with E-state index in [9.17, 15) is 9.59 Å². The fourth-order valence-corrected chi connectivity index (χ4v) is 2.57. The van der Waals surface area contributed by atoms with E-state index in [0.29, 0.717) is 22.9 Å². The maximum atomic E-state index is 11.8. The Kier molecular flexibility index (Phi) is 2.99. The van der Waals surface area contributed by atoms with Gasteiger partial charge >= 0.3 is 5.97 Å². The van der Waals surface area contributed by atoms with Crippen LogP contribution in [0, 0.1) is 0 Å². The predicted molar refractivity (Wildman–Crippen MR) is 84.3 cm³/mol. The molecule has 0 fully saturated rings. The van der Waals surface area contributed by atoms with Gasteiger partial charge in [-0.25, -0.2) is 14.8 Å². The highest BCUT2D eigenvalue weighted by molar-refractivity contribution is 5.98. The van der Waals surface area contributed by atoms with Gasteiger partial charge in [0.2, 0.25) is 5.78 Å². The zero-order chi connectivity index (χ0) is 16.8. The number of aromatic carboxylic acids is 1. The molecule has 1 N–H and O–H groups in total. The summed E-state index contributed by atoms with van der Waals surface area (Å²) < 4.78 is 6.96. The van der Waals surface area contributed by atoms with Crippen molar-refractivity contribution in [3.8, 4) is 17.0 Å². The Bertz CT molecular complexity index is 995. The summed E-state index contributed by atoms with van der Waals surface area (Å²) in [7, 11) is 1.69. The van der Waals surface area contributed by atoms with E-state index in [1.54, 1.807) is 28.6 Å². The first-order chi connectivity index (χ1) is 11.5. The lowest BCUT2D eigenvalue weighted by Gasteiger charge is -2.26. The molecule has 0 saturated heterocycles. The van der Waals surface area contributed by atoms with E-state index in [2.05, 4.69) is 9.97 Å². The average molecular weight is 324 g/mol. The Morgan fingerprint density at radius 1 is 1.33 bits per heavy atom. The lowest BCUT2D eigenvalue weighted by molar-refractivity contribution is -0.120. The van der Waals surface area contributed by atoms with E-state index < -0.39 is 5.97 Å². The van der Waals surface area contributed by atoms with Crippen molar-refractivity contribution < 1.29 is 19.4 Å². The number of fused-ring (bicyclic) bond motifs is 2. The fourth-order valence-electron chi connectivity index (χ4n) is 2.57. The number of carbonyl (C=O) groups is 2. The number of carboxylic acids is 1. The van der Waals surface area contributed by atoms with Crippen LogP contribution in [0.3, 0.4) is 0 Å². The number of carbonyl (C=O) groups excluding carboxylic acids is 1. The van der Waals surface area contributed by atoms with Gasteiger partial charge < -0.3 is 14.7 Å². The van der Waals surface area contributed by atoms with Gasteiger partial charge in [0, 0.05) is 31.2 Å². The summed E-state index contributed by atoms with van der Waals surface area (Å²) in [4.78, 5) is 32.8. The molecule has 1 aliphatic heterocycles. The molecule has 1 aromatic carbocycles. The number of rotatable bonds is 2. The van der Waals surface area contributed by atoms with Crippen molar-refractivity contribution in [3.63, 3.8) is 0 Å². The van der Waals surface area contributed by atoms with E-state index in [4.69, 9.17) is 9.84 Å². The summed E-state index contributed by atoms with van der Waals surface area (Å²) in [5.74, 6) is -0.141. The number of ether oxygens (including phenoxy) is 1. The molecule has 0 unspecified atom stereocenters. The Morgan fingerprint density at radius 2 is 2.17 bits per heavy atom. The van der Waals surface area contributed by atoms with E-state index in [-0.39, 0.29) is 18.1 Å². The molecule has 120 valence electrons. The number of nitrogens with zero attached hydrogens (tertiary/aromatic N) is 4. The van der Waals surface area contributed by atoms with Crippen molar-refractivity contribution in [2.24, 2.45) is 0 Å². The number of hydrogen-bond acceptors (Lipinski definition) is 5. The summed E-state index contributed by atoms with van der Waals surface area (Å²) in [6, 6.07) is 5.43. The van der Waals surface area contributed by atoms with Crippen LogP contribution >= 0.6 is 0 Å². The molecule has 24 heavy (non-hydrogen) atoms. The topological polar surface area (TPSA) is 97.0 Å². The number of aromatic nitrogens is 3. The van der Waals surface area contributed by atoms with Crippen molar-refractivity contribution in [3.05, 3.63) is 42.4 Å². The zero-order valence-corrected chi connectivity index (χ0v) is 12.6. The average Bonchev–Trinajstić information content (AvgIpc) is 3.01. The number of imidazole rings is 1. The number of likely N-dealkylation sites (N-methyl/N-ethyl adjacent to an activating group) is 1. The summed E-state index contributed by atoms with van der Waals surface area (Å²) >= 11 is 0. The van der Waals surface area contributed by atoms with Crippen LogP contribution in [0.1, 0.15) is 10.4 Å². The molecule has 0 bridgehead atoms. The molecular formula is C16H12N4O4. The van der Waals surface area contributed by atoms with Crippen molar-refractivity contribution in [2.75, 3.05) is 18.6 Å². The molecule has 0 atom stereocenters. The summed E-state index contributed by atoms with van der Waals surface area (Å²) in [6.45, 7) is 0.0269. The number of amides is 1. The van der Waals surface area contributed by atoms with Crippen LogP contribution in [-0.2, 0) is 4.79 Å². The highest BCUT2D eigenvalue weighted by Crippen LogP contribution is 2.35. The number of anilines is 1. The van der Waals surface area contributed by atoms with Crippen LogP contribution in [-0.4, -0.2) is 45.0 Å². The third kappa shape index (κ3) is 2.16. The molecule has 3 aromatic rings. The standard InChI is InChI=1S/C16H12N4O4/c1-19-12-4-9(2-3-13(12)24-8-14(19)21)11-7-20-6-10(15(22)23)5-17-16(20)18-11/h2-7H,8H2,1H3,(H,22,23). The Hall–Kier alpha value is -3.42. The maximum absolute atomic E-state index is 11.8. The zero-order valence-electron chi connectivity index (χ0n) is 12.6. The monoisotopic (exact) mass is 324 g/mol. The molecule has 4 rings (SSSR count). The van der Waals surface area contributed by atoms with Gasteiger partial charge in [0.25, 0.3) is 5.91 Å². The third-order valence-corrected chi connectivity index (χ3v) is 3.90. The van der Waals surface area contributed by atoms with E-state index in [1.165, 1.54) is 12.4 Å². The third-order valence-electron chi connectivity index (χ3n) is 3.90.